The maximum atomic E-state index is 13.5. The minimum atomic E-state index is -4.59. The highest BCUT2D eigenvalue weighted by molar-refractivity contribution is 6.34. The Kier molecular flexibility index (Phi) is 4.98. The molecule has 1 fully saturated rings. The third kappa shape index (κ3) is 3.69. The van der Waals surface area contributed by atoms with Gasteiger partial charge in [0.2, 0.25) is 0 Å². The average Bonchev–Trinajstić information content (AvgIpc) is 2.66. The smallest absolute Gasteiger partial charge is 0.384 e. The van der Waals surface area contributed by atoms with Crippen LogP contribution in [0.25, 0.3) is 22.2 Å². The molecule has 2 aromatic heterocycles. The van der Waals surface area contributed by atoms with Crippen molar-refractivity contribution >= 4 is 34.1 Å². The van der Waals surface area contributed by atoms with Crippen LogP contribution in [0, 0.1) is 0 Å². The van der Waals surface area contributed by atoms with Gasteiger partial charge in [0.15, 0.2) is 0 Å². The van der Waals surface area contributed by atoms with Crippen molar-refractivity contribution < 1.29 is 13.2 Å². The zero-order chi connectivity index (χ0) is 20.8. The van der Waals surface area contributed by atoms with E-state index >= 15 is 0 Å². The number of anilines is 2. The van der Waals surface area contributed by atoms with Crippen LogP contribution in [0.15, 0.2) is 30.6 Å². The van der Waals surface area contributed by atoms with Crippen LogP contribution >= 0.6 is 11.6 Å². The number of fused-ring (bicyclic) bond motifs is 1. The van der Waals surface area contributed by atoms with Gasteiger partial charge in [-0.25, -0.2) is 15.0 Å². The molecule has 0 aliphatic carbocycles. The zero-order valence-electron chi connectivity index (χ0n) is 15.7. The SMILES string of the molecule is C[C@H]1CCCCN1c1ncnc2cc(-c3nc(N)ccc3C(F)(F)F)c(Cl)cc12. The first-order chi connectivity index (χ1) is 13.8. The molecule has 3 heterocycles. The average molecular weight is 422 g/mol. The largest absolute Gasteiger partial charge is 0.418 e. The number of nitrogens with zero attached hydrogens (tertiary/aromatic N) is 4. The number of piperidine rings is 1. The first-order valence-corrected chi connectivity index (χ1v) is 9.68. The maximum Gasteiger partial charge on any atom is 0.418 e. The Balaban J connectivity index is 1.90. The van der Waals surface area contributed by atoms with Crippen LogP contribution in [0.2, 0.25) is 5.02 Å². The van der Waals surface area contributed by atoms with Crippen molar-refractivity contribution in [1.29, 1.82) is 0 Å². The second-order valence-corrected chi connectivity index (χ2v) is 7.62. The normalized spacial score (nSPS) is 17.7. The molecular formula is C20H19ClF3N5. The molecule has 3 aromatic rings. The van der Waals surface area contributed by atoms with Crippen molar-refractivity contribution in [2.24, 2.45) is 0 Å². The van der Waals surface area contributed by atoms with E-state index in [2.05, 4.69) is 26.8 Å². The van der Waals surface area contributed by atoms with E-state index in [-0.39, 0.29) is 22.1 Å². The number of alkyl halides is 3. The first-order valence-electron chi connectivity index (χ1n) is 9.30. The van der Waals surface area contributed by atoms with E-state index < -0.39 is 11.7 Å². The van der Waals surface area contributed by atoms with E-state index in [9.17, 15) is 13.2 Å². The van der Waals surface area contributed by atoms with Gasteiger partial charge in [0.1, 0.15) is 18.0 Å². The van der Waals surface area contributed by atoms with Gasteiger partial charge < -0.3 is 10.6 Å². The van der Waals surface area contributed by atoms with Gasteiger partial charge >= 0.3 is 6.18 Å². The molecule has 29 heavy (non-hydrogen) atoms. The summed E-state index contributed by atoms with van der Waals surface area (Å²) in [7, 11) is 0. The van der Waals surface area contributed by atoms with Gasteiger partial charge in [-0.2, -0.15) is 13.2 Å². The third-order valence-corrected chi connectivity index (χ3v) is 5.57. The Morgan fingerprint density at radius 2 is 1.97 bits per heavy atom. The fourth-order valence-corrected chi connectivity index (χ4v) is 4.05. The molecule has 0 amide bonds. The molecular weight excluding hydrogens is 403 g/mol. The first kappa shape index (κ1) is 19.7. The molecule has 0 bridgehead atoms. The lowest BCUT2D eigenvalue weighted by Crippen LogP contribution is -2.38. The van der Waals surface area contributed by atoms with Crippen LogP contribution in [0.3, 0.4) is 0 Å². The number of benzene rings is 1. The Morgan fingerprint density at radius 1 is 1.17 bits per heavy atom. The fourth-order valence-electron chi connectivity index (χ4n) is 3.79. The highest BCUT2D eigenvalue weighted by Gasteiger charge is 2.35. The summed E-state index contributed by atoms with van der Waals surface area (Å²) in [4.78, 5) is 14.8. The summed E-state index contributed by atoms with van der Waals surface area (Å²) in [6, 6.07) is 5.49. The Morgan fingerprint density at radius 3 is 2.69 bits per heavy atom. The Bertz CT molecular complexity index is 1070. The molecule has 0 spiro atoms. The number of halogens is 4. The number of pyridine rings is 1. The van der Waals surface area contributed by atoms with Gasteiger partial charge in [0.05, 0.1) is 21.8 Å². The number of nitrogen functional groups attached to an aromatic ring is 1. The van der Waals surface area contributed by atoms with E-state index in [0.717, 1.165) is 43.8 Å². The number of nitrogens with two attached hydrogens (primary N) is 1. The number of hydrogen-bond donors (Lipinski definition) is 1. The van der Waals surface area contributed by atoms with E-state index in [1.54, 1.807) is 6.07 Å². The summed E-state index contributed by atoms with van der Waals surface area (Å²) in [5.74, 6) is 0.724. The molecule has 1 aliphatic rings. The third-order valence-electron chi connectivity index (χ3n) is 5.26. The van der Waals surface area contributed by atoms with Crippen molar-refractivity contribution in [2.45, 2.75) is 38.4 Å². The lowest BCUT2D eigenvalue weighted by molar-refractivity contribution is -0.137. The monoisotopic (exact) mass is 421 g/mol. The topological polar surface area (TPSA) is 67.9 Å². The zero-order valence-corrected chi connectivity index (χ0v) is 16.4. The van der Waals surface area contributed by atoms with Crippen molar-refractivity contribution in [3.8, 4) is 11.3 Å². The fraction of sp³-hybridized carbons (Fsp3) is 0.350. The maximum absolute atomic E-state index is 13.5. The van der Waals surface area contributed by atoms with Crippen LogP contribution in [-0.2, 0) is 6.18 Å². The number of aromatic nitrogens is 3. The quantitative estimate of drug-likeness (QED) is 0.606. The highest BCUT2D eigenvalue weighted by atomic mass is 35.5. The minimum absolute atomic E-state index is 0.0188. The van der Waals surface area contributed by atoms with E-state index in [1.165, 1.54) is 12.4 Å². The van der Waals surface area contributed by atoms with Gasteiger partial charge in [-0.1, -0.05) is 11.6 Å². The molecule has 1 aliphatic heterocycles. The van der Waals surface area contributed by atoms with Crippen LogP contribution in [-0.4, -0.2) is 27.5 Å². The van der Waals surface area contributed by atoms with Gasteiger partial charge in [-0.3, -0.25) is 0 Å². The molecule has 0 saturated carbocycles. The summed E-state index contributed by atoms with van der Waals surface area (Å²) in [6.07, 6.45) is 0.110. The van der Waals surface area contributed by atoms with Crippen molar-refractivity contribution in [3.63, 3.8) is 0 Å². The summed E-state index contributed by atoms with van der Waals surface area (Å²) < 4.78 is 40.5. The number of rotatable bonds is 2. The predicted octanol–water partition coefficient (Wildman–Crippen LogP) is 5.33. The summed E-state index contributed by atoms with van der Waals surface area (Å²) >= 11 is 6.44. The minimum Gasteiger partial charge on any atom is -0.384 e. The Labute approximate surface area is 170 Å². The summed E-state index contributed by atoms with van der Waals surface area (Å²) in [6.45, 7) is 3.00. The molecule has 4 rings (SSSR count). The molecule has 0 radical (unpaired) electrons. The summed E-state index contributed by atoms with van der Waals surface area (Å²) in [5.41, 5.74) is 5.09. The van der Waals surface area contributed by atoms with Crippen molar-refractivity contribution in [2.75, 3.05) is 17.2 Å². The second kappa shape index (κ2) is 7.33. The van der Waals surface area contributed by atoms with Crippen molar-refractivity contribution in [3.05, 3.63) is 41.2 Å². The van der Waals surface area contributed by atoms with E-state index in [1.807, 2.05) is 0 Å². The predicted molar refractivity (Wildman–Crippen MR) is 108 cm³/mol. The lowest BCUT2D eigenvalue weighted by Gasteiger charge is -2.35. The van der Waals surface area contributed by atoms with Gasteiger partial charge in [-0.05, 0) is 50.5 Å². The van der Waals surface area contributed by atoms with Gasteiger partial charge in [-0.15, -0.1) is 0 Å². The van der Waals surface area contributed by atoms with E-state index in [0.29, 0.717) is 16.9 Å². The van der Waals surface area contributed by atoms with Crippen molar-refractivity contribution in [1.82, 2.24) is 15.0 Å². The lowest BCUT2D eigenvalue weighted by atomic mass is 10.0. The Hall–Kier alpha value is -2.61. The second-order valence-electron chi connectivity index (χ2n) is 7.21. The van der Waals surface area contributed by atoms with Gasteiger partial charge in [0.25, 0.3) is 0 Å². The van der Waals surface area contributed by atoms with Gasteiger partial charge in [0, 0.05) is 23.5 Å². The molecule has 152 valence electrons. The molecule has 2 N–H and O–H groups in total. The molecule has 0 unspecified atom stereocenters. The van der Waals surface area contributed by atoms with Crippen LogP contribution in [0.1, 0.15) is 31.7 Å². The molecule has 1 saturated heterocycles. The molecule has 1 atom stereocenters. The number of hydrogen-bond acceptors (Lipinski definition) is 5. The molecule has 1 aromatic carbocycles. The van der Waals surface area contributed by atoms with E-state index in [4.69, 9.17) is 17.3 Å². The molecule has 5 nitrogen and oxygen atoms in total. The highest BCUT2D eigenvalue weighted by Crippen LogP contribution is 2.41. The molecule has 9 heteroatoms. The standard InChI is InChI=1S/C20H19ClF3N5/c1-11-4-2-3-7-29(11)19-13-8-15(21)12(9-16(13)26-10-27-19)18-14(20(22,23)24)5-6-17(25)28-18/h5-6,8-11H,2-4,7H2,1H3,(H2,25,28)/t11-/m0/s1. The van der Waals surface area contributed by atoms with Crippen LogP contribution in [0.4, 0.5) is 24.8 Å². The van der Waals surface area contributed by atoms with Crippen LogP contribution < -0.4 is 10.6 Å². The van der Waals surface area contributed by atoms with Crippen LogP contribution in [0.5, 0.6) is 0 Å². The summed E-state index contributed by atoms with van der Waals surface area (Å²) in [5, 5.41) is 0.842.